The number of nitrogens with two attached hydrogens (primary N) is 1. The van der Waals surface area contributed by atoms with Gasteiger partial charge in [-0.2, -0.15) is 5.10 Å². The fraction of sp³-hybridized carbons (Fsp3) is 0.300. The Morgan fingerprint density at radius 3 is 2.86 bits per heavy atom. The van der Waals surface area contributed by atoms with Gasteiger partial charge < -0.3 is 5.73 Å². The average Bonchev–Trinajstić information content (AvgIpc) is 2.75. The largest absolute Gasteiger partial charge is 0.326 e. The Morgan fingerprint density at radius 2 is 2.36 bits per heavy atom. The predicted octanol–water partition coefficient (Wildman–Crippen LogP) is 1.88. The molecule has 4 heteroatoms. The zero-order valence-corrected chi connectivity index (χ0v) is 8.82. The standard InChI is InChI=1S/C10H13N3S/c1-8(11)10(9-4-2-7-14-9)13-6-3-5-12-13/h2-8,10H,11H2,1H3. The van der Waals surface area contributed by atoms with Crippen LogP contribution >= 0.6 is 11.3 Å². The van der Waals surface area contributed by atoms with Gasteiger partial charge in [0.1, 0.15) is 6.04 Å². The van der Waals surface area contributed by atoms with E-state index in [1.54, 1.807) is 17.5 Å². The molecule has 0 aliphatic carbocycles. The Morgan fingerprint density at radius 1 is 1.50 bits per heavy atom. The molecule has 2 N–H and O–H groups in total. The van der Waals surface area contributed by atoms with Crippen molar-refractivity contribution in [3.05, 3.63) is 40.8 Å². The lowest BCUT2D eigenvalue weighted by molar-refractivity contribution is 0.460. The third kappa shape index (κ3) is 1.71. The molecule has 2 rings (SSSR count). The van der Waals surface area contributed by atoms with Crippen LogP contribution in [0.15, 0.2) is 36.0 Å². The minimum absolute atomic E-state index is 0.0635. The van der Waals surface area contributed by atoms with Gasteiger partial charge in [-0.15, -0.1) is 11.3 Å². The Hall–Kier alpha value is -1.13. The van der Waals surface area contributed by atoms with Crippen molar-refractivity contribution in [2.75, 3.05) is 0 Å². The molecule has 0 amide bonds. The summed E-state index contributed by atoms with van der Waals surface area (Å²) in [6.07, 6.45) is 3.73. The molecule has 0 spiro atoms. The summed E-state index contributed by atoms with van der Waals surface area (Å²) in [5, 5.41) is 6.30. The quantitative estimate of drug-likeness (QED) is 0.835. The van der Waals surface area contributed by atoms with Gasteiger partial charge in [-0.3, -0.25) is 4.68 Å². The second-order valence-electron chi connectivity index (χ2n) is 3.31. The molecular weight excluding hydrogens is 194 g/mol. The van der Waals surface area contributed by atoms with Gasteiger partial charge >= 0.3 is 0 Å². The summed E-state index contributed by atoms with van der Waals surface area (Å²) in [5.41, 5.74) is 5.96. The van der Waals surface area contributed by atoms with Gasteiger partial charge in [-0.1, -0.05) is 6.07 Å². The molecule has 2 unspecified atom stereocenters. The molecule has 0 saturated heterocycles. The number of nitrogens with zero attached hydrogens (tertiary/aromatic N) is 2. The number of hydrogen-bond donors (Lipinski definition) is 1. The second-order valence-corrected chi connectivity index (χ2v) is 4.28. The maximum Gasteiger partial charge on any atom is 0.101 e. The fourth-order valence-corrected chi connectivity index (χ4v) is 2.47. The van der Waals surface area contributed by atoms with Gasteiger partial charge in [-0.25, -0.2) is 0 Å². The first-order chi connectivity index (χ1) is 6.79. The molecule has 0 radical (unpaired) electrons. The third-order valence-corrected chi connectivity index (χ3v) is 3.09. The first kappa shape index (κ1) is 9.43. The predicted molar refractivity (Wildman–Crippen MR) is 58.3 cm³/mol. The minimum atomic E-state index is 0.0635. The van der Waals surface area contributed by atoms with E-state index in [0.717, 1.165) is 0 Å². The monoisotopic (exact) mass is 207 g/mol. The molecule has 3 nitrogen and oxygen atoms in total. The van der Waals surface area contributed by atoms with Crippen LogP contribution in [0.25, 0.3) is 0 Å². The van der Waals surface area contributed by atoms with E-state index in [4.69, 9.17) is 5.73 Å². The normalized spacial score (nSPS) is 15.3. The highest BCUT2D eigenvalue weighted by molar-refractivity contribution is 7.10. The molecule has 0 saturated carbocycles. The van der Waals surface area contributed by atoms with Gasteiger partial charge in [0.05, 0.1) is 0 Å². The molecule has 74 valence electrons. The van der Waals surface area contributed by atoms with Crippen molar-refractivity contribution in [1.29, 1.82) is 0 Å². The minimum Gasteiger partial charge on any atom is -0.326 e. The van der Waals surface area contributed by atoms with Crippen molar-refractivity contribution in [3.63, 3.8) is 0 Å². The summed E-state index contributed by atoms with van der Waals surface area (Å²) < 4.78 is 1.91. The van der Waals surface area contributed by atoms with Crippen LogP contribution in [-0.4, -0.2) is 15.8 Å². The molecule has 0 aliphatic heterocycles. The second kappa shape index (κ2) is 3.94. The molecule has 0 bridgehead atoms. The van der Waals surface area contributed by atoms with Gasteiger partial charge in [-0.05, 0) is 24.4 Å². The van der Waals surface area contributed by atoms with Crippen LogP contribution < -0.4 is 5.73 Å². The van der Waals surface area contributed by atoms with Gasteiger partial charge in [0, 0.05) is 23.3 Å². The summed E-state index contributed by atoms with van der Waals surface area (Å²) in [4.78, 5) is 1.25. The van der Waals surface area contributed by atoms with Gasteiger partial charge in [0.25, 0.3) is 0 Å². The lowest BCUT2D eigenvalue weighted by atomic mass is 10.1. The molecular formula is C10H13N3S. The average molecular weight is 207 g/mol. The highest BCUT2D eigenvalue weighted by Crippen LogP contribution is 2.24. The molecule has 2 aromatic rings. The molecule has 2 aromatic heterocycles. The summed E-state index contributed by atoms with van der Waals surface area (Å²) in [7, 11) is 0. The SMILES string of the molecule is CC(N)C(c1cccs1)n1cccn1. The van der Waals surface area contributed by atoms with Crippen LogP contribution in [0.3, 0.4) is 0 Å². The number of thiophene rings is 1. The smallest absolute Gasteiger partial charge is 0.101 e. The van der Waals surface area contributed by atoms with E-state index in [0.29, 0.717) is 0 Å². The summed E-state index contributed by atoms with van der Waals surface area (Å²) in [6.45, 7) is 2.01. The molecule has 0 aromatic carbocycles. The molecule has 0 fully saturated rings. The van der Waals surface area contributed by atoms with Crippen molar-refractivity contribution in [3.8, 4) is 0 Å². The lowest BCUT2D eigenvalue weighted by Gasteiger charge is -2.19. The lowest BCUT2D eigenvalue weighted by Crippen LogP contribution is -2.29. The van der Waals surface area contributed by atoms with Crippen LogP contribution in [0.1, 0.15) is 17.8 Å². The summed E-state index contributed by atoms with van der Waals surface area (Å²) in [6, 6.07) is 6.28. The van der Waals surface area contributed by atoms with Crippen LogP contribution in [0.2, 0.25) is 0 Å². The van der Waals surface area contributed by atoms with Crippen molar-refractivity contribution in [2.45, 2.75) is 19.0 Å². The van der Waals surface area contributed by atoms with Crippen LogP contribution in [0.5, 0.6) is 0 Å². The summed E-state index contributed by atoms with van der Waals surface area (Å²) >= 11 is 1.72. The van der Waals surface area contributed by atoms with Gasteiger partial charge in [0.2, 0.25) is 0 Å². The Balaban J connectivity index is 2.35. The van der Waals surface area contributed by atoms with E-state index in [1.807, 2.05) is 29.9 Å². The highest BCUT2D eigenvalue weighted by atomic mass is 32.1. The molecule has 2 atom stereocenters. The van der Waals surface area contributed by atoms with E-state index in [-0.39, 0.29) is 12.1 Å². The van der Waals surface area contributed by atoms with E-state index in [9.17, 15) is 0 Å². The van der Waals surface area contributed by atoms with Crippen molar-refractivity contribution in [2.24, 2.45) is 5.73 Å². The van der Waals surface area contributed by atoms with E-state index >= 15 is 0 Å². The fourth-order valence-electron chi connectivity index (χ4n) is 1.54. The van der Waals surface area contributed by atoms with E-state index in [2.05, 4.69) is 16.5 Å². The van der Waals surface area contributed by atoms with Crippen molar-refractivity contribution >= 4 is 11.3 Å². The maximum atomic E-state index is 5.96. The number of aromatic nitrogens is 2. The Kier molecular flexibility index (Phi) is 2.65. The van der Waals surface area contributed by atoms with Crippen LogP contribution in [0.4, 0.5) is 0 Å². The number of hydrogen-bond acceptors (Lipinski definition) is 3. The van der Waals surface area contributed by atoms with Crippen LogP contribution in [0, 0.1) is 0 Å². The van der Waals surface area contributed by atoms with E-state index in [1.165, 1.54) is 4.88 Å². The Bertz CT molecular complexity index is 330. The number of rotatable bonds is 3. The zero-order chi connectivity index (χ0) is 9.97. The van der Waals surface area contributed by atoms with Crippen molar-refractivity contribution in [1.82, 2.24) is 9.78 Å². The zero-order valence-electron chi connectivity index (χ0n) is 8.00. The first-order valence-electron chi connectivity index (χ1n) is 4.57. The summed E-state index contributed by atoms with van der Waals surface area (Å²) in [5.74, 6) is 0. The third-order valence-electron chi connectivity index (χ3n) is 2.14. The maximum absolute atomic E-state index is 5.96. The first-order valence-corrected chi connectivity index (χ1v) is 5.45. The molecule has 2 heterocycles. The van der Waals surface area contributed by atoms with E-state index < -0.39 is 0 Å². The van der Waals surface area contributed by atoms with Crippen molar-refractivity contribution < 1.29 is 0 Å². The van der Waals surface area contributed by atoms with Crippen LogP contribution in [-0.2, 0) is 0 Å². The topological polar surface area (TPSA) is 43.8 Å². The van der Waals surface area contributed by atoms with Gasteiger partial charge in [0.15, 0.2) is 0 Å². The molecule has 14 heavy (non-hydrogen) atoms. The molecule has 0 aliphatic rings. The highest BCUT2D eigenvalue weighted by Gasteiger charge is 2.18. The Labute approximate surface area is 87.2 Å².